The topological polar surface area (TPSA) is 26.3 Å². The molecule has 0 N–H and O–H groups in total. The highest BCUT2D eigenvalue weighted by atomic mass is 16.5. The average molecular weight is 322 g/mol. The summed E-state index contributed by atoms with van der Waals surface area (Å²) < 4.78 is 5.61. The van der Waals surface area contributed by atoms with Crippen molar-refractivity contribution in [2.24, 2.45) is 5.92 Å². The standard InChI is InChI=1S/C22H26O2/c1-15-10-16(2)21(17(3)11-15)22(4)12-18(13-22)20(23)14-24-19-8-6-5-7-9-19/h5-11,18H,12-14H2,1-4H3. The van der Waals surface area contributed by atoms with E-state index < -0.39 is 0 Å². The van der Waals surface area contributed by atoms with E-state index >= 15 is 0 Å². The Morgan fingerprint density at radius 2 is 1.67 bits per heavy atom. The van der Waals surface area contributed by atoms with Gasteiger partial charge in [-0.1, -0.05) is 42.8 Å². The minimum atomic E-state index is 0.120. The van der Waals surface area contributed by atoms with Crippen molar-refractivity contribution in [3.8, 4) is 5.75 Å². The molecule has 126 valence electrons. The number of hydrogen-bond acceptors (Lipinski definition) is 2. The molecule has 0 amide bonds. The van der Waals surface area contributed by atoms with Crippen LogP contribution in [0.2, 0.25) is 0 Å². The summed E-state index contributed by atoms with van der Waals surface area (Å²) in [4.78, 5) is 12.4. The molecule has 0 saturated heterocycles. The number of Topliss-reactive ketones (excluding diaryl/α,β-unsaturated/α-hetero) is 1. The molecule has 0 aliphatic heterocycles. The summed E-state index contributed by atoms with van der Waals surface area (Å²) in [5.41, 5.74) is 5.55. The van der Waals surface area contributed by atoms with E-state index in [2.05, 4.69) is 39.8 Å². The van der Waals surface area contributed by atoms with Crippen LogP contribution in [-0.2, 0) is 10.2 Å². The van der Waals surface area contributed by atoms with Crippen LogP contribution in [0, 0.1) is 26.7 Å². The van der Waals surface area contributed by atoms with E-state index in [1.807, 2.05) is 30.3 Å². The minimum Gasteiger partial charge on any atom is -0.486 e. The van der Waals surface area contributed by atoms with Gasteiger partial charge in [-0.25, -0.2) is 0 Å². The number of hydrogen-bond donors (Lipinski definition) is 0. The van der Waals surface area contributed by atoms with Gasteiger partial charge >= 0.3 is 0 Å². The predicted octanol–water partition coefficient (Wildman–Crippen LogP) is 4.93. The highest BCUT2D eigenvalue weighted by Gasteiger charge is 2.46. The lowest BCUT2D eigenvalue weighted by Crippen LogP contribution is -2.44. The van der Waals surface area contributed by atoms with E-state index in [9.17, 15) is 4.79 Å². The molecule has 1 fully saturated rings. The molecule has 0 aromatic heterocycles. The second kappa shape index (κ2) is 6.43. The van der Waals surface area contributed by atoms with Crippen molar-refractivity contribution in [3.63, 3.8) is 0 Å². The summed E-state index contributed by atoms with van der Waals surface area (Å²) in [6, 6.07) is 14.1. The van der Waals surface area contributed by atoms with Gasteiger partial charge < -0.3 is 4.74 Å². The van der Waals surface area contributed by atoms with Gasteiger partial charge in [0, 0.05) is 5.92 Å². The molecular weight excluding hydrogens is 296 g/mol. The monoisotopic (exact) mass is 322 g/mol. The lowest BCUT2D eigenvalue weighted by Gasteiger charge is -2.46. The number of carbonyl (C=O) groups is 1. The SMILES string of the molecule is Cc1cc(C)c(C2(C)CC(C(=O)COc3ccccc3)C2)c(C)c1. The lowest BCUT2D eigenvalue weighted by atomic mass is 9.57. The van der Waals surface area contributed by atoms with Gasteiger partial charge in [0.05, 0.1) is 0 Å². The van der Waals surface area contributed by atoms with Crippen molar-refractivity contribution >= 4 is 5.78 Å². The van der Waals surface area contributed by atoms with Crippen molar-refractivity contribution in [1.29, 1.82) is 0 Å². The van der Waals surface area contributed by atoms with Gasteiger partial charge in [-0.15, -0.1) is 0 Å². The van der Waals surface area contributed by atoms with Gasteiger partial charge in [-0.3, -0.25) is 4.79 Å². The van der Waals surface area contributed by atoms with Crippen LogP contribution in [0.1, 0.15) is 42.0 Å². The average Bonchev–Trinajstić information content (AvgIpc) is 2.50. The molecule has 0 radical (unpaired) electrons. The van der Waals surface area contributed by atoms with Crippen LogP contribution >= 0.6 is 0 Å². The van der Waals surface area contributed by atoms with Crippen LogP contribution in [0.25, 0.3) is 0 Å². The zero-order valence-electron chi connectivity index (χ0n) is 15.1. The quantitative estimate of drug-likeness (QED) is 0.780. The maximum atomic E-state index is 12.4. The first kappa shape index (κ1) is 16.8. The van der Waals surface area contributed by atoms with Crippen molar-refractivity contribution in [2.75, 3.05) is 6.61 Å². The summed E-state index contributed by atoms with van der Waals surface area (Å²) in [7, 11) is 0. The molecule has 0 unspecified atom stereocenters. The third-order valence-electron chi connectivity index (χ3n) is 5.25. The largest absolute Gasteiger partial charge is 0.486 e. The summed E-state index contributed by atoms with van der Waals surface area (Å²) >= 11 is 0. The number of aryl methyl sites for hydroxylation is 3. The molecule has 1 aliphatic carbocycles. The predicted molar refractivity (Wildman–Crippen MR) is 97.7 cm³/mol. The highest BCUT2D eigenvalue weighted by molar-refractivity contribution is 5.84. The van der Waals surface area contributed by atoms with Gasteiger partial charge in [-0.05, 0) is 67.9 Å². The number of ketones is 1. The van der Waals surface area contributed by atoms with Crippen molar-refractivity contribution in [3.05, 3.63) is 64.7 Å². The zero-order valence-corrected chi connectivity index (χ0v) is 15.1. The molecule has 0 bridgehead atoms. The van der Waals surface area contributed by atoms with Gasteiger partial charge in [0.15, 0.2) is 5.78 Å². The van der Waals surface area contributed by atoms with E-state index in [0.29, 0.717) is 0 Å². The van der Waals surface area contributed by atoms with E-state index in [1.165, 1.54) is 22.3 Å². The molecule has 3 rings (SSSR count). The summed E-state index contributed by atoms with van der Waals surface area (Å²) in [5.74, 6) is 1.11. The Balaban J connectivity index is 1.63. The number of benzene rings is 2. The van der Waals surface area contributed by atoms with E-state index in [4.69, 9.17) is 4.74 Å². The fourth-order valence-electron chi connectivity index (χ4n) is 4.38. The van der Waals surface area contributed by atoms with E-state index in [-0.39, 0.29) is 23.7 Å². The summed E-state index contributed by atoms with van der Waals surface area (Å²) in [5, 5.41) is 0. The minimum absolute atomic E-state index is 0.120. The number of para-hydroxylation sites is 1. The number of carbonyl (C=O) groups excluding carboxylic acids is 1. The molecular formula is C22H26O2. The first-order valence-corrected chi connectivity index (χ1v) is 8.68. The van der Waals surface area contributed by atoms with Gasteiger partial charge in [0.1, 0.15) is 12.4 Å². The smallest absolute Gasteiger partial charge is 0.173 e. The van der Waals surface area contributed by atoms with Crippen LogP contribution in [0.5, 0.6) is 5.75 Å². The summed E-state index contributed by atoms with van der Waals surface area (Å²) in [6.07, 6.45) is 1.85. The molecule has 1 aliphatic rings. The Kier molecular flexibility index (Phi) is 4.49. The third-order valence-corrected chi connectivity index (χ3v) is 5.25. The van der Waals surface area contributed by atoms with Crippen LogP contribution in [0.3, 0.4) is 0 Å². The Morgan fingerprint density at radius 1 is 1.08 bits per heavy atom. The van der Waals surface area contributed by atoms with Gasteiger partial charge in [0.2, 0.25) is 0 Å². The normalized spacial score (nSPS) is 22.8. The zero-order chi connectivity index (χ0) is 17.3. The van der Waals surface area contributed by atoms with E-state index in [1.54, 1.807) is 0 Å². The summed E-state index contributed by atoms with van der Waals surface area (Å²) in [6.45, 7) is 8.98. The first-order chi connectivity index (χ1) is 11.4. The number of ether oxygens (including phenoxy) is 1. The molecule has 2 aromatic rings. The van der Waals surface area contributed by atoms with Crippen LogP contribution in [0.15, 0.2) is 42.5 Å². The highest BCUT2D eigenvalue weighted by Crippen LogP contribution is 2.50. The van der Waals surface area contributed by atoms with Crippen molar-refractivity contribution in [1.82, 2.24) is 0 Å². The Labute approximate surface area is 144 Å². The Hall–Kier alpha value is -2.09. The van der Waals surface area contributed by atoms with Crippen molar-refractivity contribution in [2.45, 2.75) is 46.0 Å². The molecule has 2 aromatic carbocycles. The first-order valence-electron chi connectivity index (χ1n) is 8.68. The molecule has 0 atom stereocenters. The second-order valence-corrected chi connectivity index (χ2v) is 7.51. The van der Waals surface area contributed by atoms with Gasteiger partial charge in [0.25, 0.3) is 0 Å². The van der Waals surface area contributed by atoms with E-state index in [0.717, 1.165) is 18.6 Å². The maximum Gasteiger partial charge on any atom is 0.173 e. The van der Waals surface area contributed by atoms with Crippen LogP contribution < -0.4 is 4.74 Å². The molecule has 2 nitrogen and oxygen atoms in total. The fraction of sp³-hybridized carbons (Fsp3) is 0.409. The molecule has 1 saturated carbocycles. The Bertz CT molecular complexity index is 717. The molecule has 0 spiro atoms. The van der Waals surface area contributed by atoms with Crippen LogP contribution in [-0.4, -0.2) is 12.4 Å². The van der Waals surface area contributed by atoms with Gasteiger partial charge in [-0.2, -0.15) is 0 Å². The molecule has 2 heteroatoms. The molecule has 24 heavy (non-hydrogen) atoms. The van der Waals surface area contributed by atoms with Crippen LogP contribution in [0.4, 0.5) is 0 Å². The third kappa shape index (κ3) is 3.24. The maximum absolute atomic E-state index is 12.4. The molecule has 0 heterocycles. The second-order valence-electron chi connectivity index (χ2n) is 7.51. The van der Waals surface area contributed by atoms with Crippen molar-refractivity contribution < 1.29 is 9.53 Å². The fourth-order valence-corrected chi connectivity index (χ4v) is 4.38. The Morgan fingerprint density at radius 3 is 2.25 bits per heavy atom. The lowest BCUT2D eigenvalue weighted by molar-refractivity contribution is -0.129. The number of rotatable bonds is 5.